The Bertz CT molecular complexity index is 1580. The van der Waals surface area contributed by atoms with E-state index in [0.717, 1.165) is 31.9 Å². The number of aromatic nitrogens is 1. The van der Waals surface area contributed by atoms with Gasteiger partial charge in [-0.15, -0.1) is 0 Å². The highest BCUT2D eigenvalue weighted by Gasteiger charge is 2.50. The third kappa shape index (κ3) is 3.72. The number of aromatic hydroxyl groups is 1. The van der Waals surface area contributed by atoms with Gasteiger partial charge >= 0.3 is 5.97 Å². The zero-order chi connectivity index (χ0) is 27.9. The molecule has 0 spiro atoms. The fourth-order valence-corrected chi connectivity index (χ4v) is 6.70. The molecule has 0 unspecified atom stereocenters. The Labute approximate surface area is 228 Å². The van der Waals surface area contributed by atoms with Gasteiger partial charge in [-0.1, -0.05) is 24.3 Å². The molecular formula is C30H27F2N3O5. The normalized spacial score (nSPS) is 18.8. The van der Waals surface area contributed by atoms with Crippen molar-refractivity contribution in [3.63, 3.8) is 0 Å². The van der Waals surface area contributed by atoms with Crippen molar-refractivity contribution in [2.75, 3.05) is 11.7 Å². The average Bonchev–Trinajstić information content (AvgIpc) is 3.83. The molecule has 2 heterocycles. The van der Waals surface area contributed by atoms with Crippen LogP contribution in [0.25, 0.3) is 0 Å². The van der Waals surface area contributed by atoms with Crippen LogP contribution in [0.2, 0.25) is 0 Å². The molecule has 3 aromatic rings. The van der Waals surface area contributed by atoms with Crippen LogP contribution in [0.5, 0.6) is 5.75 Å². The van der Waals surface area contributed by atoms with Gasteiger partial charge in [0.2, 0.25) is 5.43 Å². The molecule has 0 atom stereocenters. The highest BCUT2D eigenvalue weighted by molar-refractivity contribution is 5.98. The molecule has 1 amide bonds. The molecule has 2 N–H and O–H groups in total. The topological polar surface area (TPSA) is 103 Å². The summed E-state index contributed by atoms with van der Waals surface area (Å²) in [6.45, 7) is -0.0125. The number of carboxylic acids is 1. The number of hydrogen-bond acceptors (Lipinski definition) is 5. The van der Waals surface area contributed by atoms with Crippen LogP contribution in [0.3, 0.4) is 0 Å². The summed E-state index contributed by atoms with van der Waals surface area (Å²) in [5, 5.41) is 22.4. The Morgan fingerprint density at radius 1 is 0.900 bits per heavy atom. The molecule has 2 saturated carbocycles. The Hall–Kier alpha value is -4.21. The maximum Gasteiger partial charge on any atom is 0.341 e. The van der Waals surface area contributed by atoms with Crippen molar-refractivity contribution in [2.24, 2.45) is 11.8 Å². The van der Waals surface area contributed by atoms with E-state index in [1.165, 1.54) is 16.8 Å². The Balaban J connectivity index is 1.51. The van der Waals surface area contributed by atoms with Crippen molar-refractivity contribution in [3.05, 3.63) is 98.0 Å². The fraction of sp³-hybridized carbons (Fsp3) is 0.367. The van der Waals surface area contributed by atoms with Crippen LogP contribution in [0.4, 0.5) is 8.78 Å². The molecule has 206 valence electrons. The van der Waals surface area contributed by atoms with Crippen LogP contribution < -0.4 is 10.4 Å². The second-order valence-electron chi connectivity index (χ2n) is 11.3. The SMILES string of the molecule is O=C(O)c1cn2c(c(O)c1=O)C(=O)N(C(C1CC1)C1CC1)CN2C1c2cccc(F)c2CCc2c(F)cccc21. The summed E-state index contributed by atoms with van der Waals surface area (Å²) >= 11 is 0. The molecule has 2 aromatic carbocycles. The van der Waals surface area contributed by atoms with Crippen molar-refractivity contribution in [1.29, 1.82) is 0 Å². The molecule has 2 fully saturated rings. The number of aromatic carboxylic acids is 1. The Morgan fingerprint density at radius 3 is 1.95 bits per heavy atom. The van der Waals surface area contributed by atoms with Crippen LogP contribution in [0, 0.1) is 23.5 Å². The molecule has 7 rings (SSSR count). The van der Waals surface area contributed by atoms with Crippen LogP contribution >= 0.6 is 0 Å². The molecule has 1 aliphatic heterocycles. The number of carboxylic acid groups (broad SMARTS) is 1. The van der Waals surface area contributed by atoms with Gasteiger partial charge in [0, 0.05) is 12.2 Å². The first kappa shape index (κ1) is 24.8. The summed E-state index contributed by atoms with van der Waals surface area (Å²) in [6.07, 6.45) is 5.40. The van der Waals surface area contributed by atoms with E-state index in [9.17, 15) is 24.6 Å². The molecule has 3 aliphatic carbocycles. The first-order valence-electron chi connectivity index (χ1n) is 13.6. The molecule has 4 aliphatic rings. The monoisotopic (exact) mass is 547 g/mol. The largest absolute Gasteiger partial charge is 0.502 e. The van der Waals surface area contributed by atoms with E-state index in [1.807, 2.05) is 0 Å². The summed E-state index contributed by atoms with van der Waals surface area (Å²) in [4.78, 5) is 40.5. The lowest BCUT2D eigenvalue weighted by atomic mass is 9.93. The zero-order valence-corrected chi connectivity index (χ0v) is 21.5. The minimum absolute atomic E-state index is 0.0125. The summed E-state index contributed by atoms with van der Waals surface area (Å²) < 4.78 is 31.7. The number of carbonyl (C=O) groups excluding carboxylic acids is 1. The summed E-state index contributed by atoms with van der Waals surface area (Å²) in [7, 11) is 0. The van der Waals surface area contributed by atoms with Gasteiger partial charge in [0.05, 0.1) is 6.04 Å². The molecule has 8 nitrogen and oxygen atoms in total. The van der Waals surface area contributed by atoms with Crippen LogP contribution in [0.15, 0.2) is 47.4 Å². The van der Waals surface area contributed by atoms with Gasteiger partial charge in [-0.05, 0) is 84.7 Å². The lowest BCUT2D eigenvalue weighted by Gasteiger charge is -2.47. The molecule has 0 bridgehead atoms. The number of benzene rings is 2. The van der Waals surface area contributed by atoms with E-state index in [2.05, 4.69) is 0 Å². The molecular weight excluding hydrogens is 520 g/mol. The van der Waals surface area contributed by atoms with Gasteiger partial charge in [-0.3, -0.25) is 19.3 Å². The van der Waals surface area contributed by atoms with Crippen LogP contribution in [-0.4, -0.2) is 44.4 Å². The van der Waals surface area contributed by atoms with Crippen LogP contribution in [-0.2, 0) is 12.8 Å². The maximum absolute atomic E-state index is 15.3. The number of halogens is 2. The lowest BCUT2D eigenvalue weighted by molar-refractivity contribution is 0.0526. The number of rotatable bonds is 5. The number of pyridine rings is 1. The minimum Gasteiger partial charge on any atom is -0.502 e. The molecule has 0 radical (unpaired) electrons. The first-order chi connectivity index (χ1) is 19.3. The number of carbonyl (C=O) groups is 2. The van der Waals surface area contributed by atoms with E-state index in [1.54, 1.807) is 34.2 Å². The Morgan fingerprint density at radius 2 is 1.45 bits per heavy atom. The second-order valence-corrected chi connectivity index (χ2v) is 11.3. The highest BCUT2D eigenvalue weighted by Crippen LogP contribution is 2.49. The summed E-state index contributed by atoms with van der Waals surface area (Å²) in [6, 6.07) is 8.40. The molecule has 0 saturated heterocycles. The third-order valence-electron chi connectivity index (χ3n) is 8.82. The van der Waals surface area contributed by atoms with Crippen molar-refractivity contribution in [1.82, 2.24) is 9.58 Å². The quantitative estimate of drug-likeness (QED) is 0.502. The number of hydrogen-bond donors (Lipinski definition) is 2. The lowest BCUT2D eigenvalue weighted by Crippen LogP contribution is -2.59. The Kier molecular flexibility index (Phi) is 5.52. The summed E-state index contributed by atoms with van der Waals surface area (Å²) in [5.41, 5.74) is -0.297. The van der Waals surface area contributed by atoms with E-state index in [4.69, 9.17) is 0 Å². The van der Waals surface area contributed by atoms with Crippen molar-refractivity contribution in [2.45, 2.75) is 50.6 Å². The molecule has 1 aromatic heterocycles. The average molecular weight is 548 g/mol. The van der Waals surface area contributed by atoms with Gasteiger partial charge in [-0.25, -0.2) is 13.6 Å². The smallest absolute Gasteiger partial charge is 0.341 e. The van der Waals surface area contributed by atoms with E-state index in [0.29, 0.717) is 34.1 Å². The minimum atomic E-state index is -1.56. The molecule has 10 heteroatoms. The van der Waals surface area contributed by atoms with Crippen molar-refractivity contribution < 1.29 is 28.6 Å². The third-order valence-corrected chi connectivity index (χ3v) is 8.82. The van der Waals surface area contributed by atoms with Gasteiger partial charge in [0.15, 0.2) is 11.4 Å². The maximum atomic E-state index is 15.3. The van der Waals surface area contributed by atoms with Crippen molar-refractivity contribution in [3.8, 4) is 5.75 Å². The van der Waals surface area contributed by atoms with E-state index in [-0.39, 0.29) is 31.2 Å². The first-order valence-corrected chi connectivity index (χ1v) is 13.6. The van der Waals surface area contributed by atoms with Crippen molar-refractivity contribution >= 4 is 11.9 Å². The number of nitrogens with zero attached hydrogens (tertiary/aromatic N) is 3. The van der Waals surface area contributed by atoms with Gasteiger partial charge in [0.1, 0.15) is 23.9 Å². The molecule has 40 heavy (non-hydrogen) atoms. The van der Waals surface area contributed by atoms with E-state index < -0.39 is 46.3 Å². The fourth-order valence-electron chi connectivity index (χ4n) is 6.70. The highest BCUT2D eigenvalue weighted by atomic mass is 19.1. The van der Waals surface area contributed by atoms with Crippen LogP contribution in [0.1, 0.15) is 74.8 Å². The van der Waals surface area contributed by atoms with Gasteiger partial charge in [-0.2, -0.15) is 0 Å². The van der Waals surface area contributed by atoms with E-state index >= 15 is 8.78 Å². The van der Waals surface area contributed by atoms with Gasteiger partial charge in [0.25, 0.3) is 5.91 Å². The predicted molar refractivity (Wildman–Crippen MR) is 140 cm³/mol. The standard InChI is InChI=1S/C30H27F2N3O5/c31-22-5-1-3-19-17(22)11-12-18-20(4-2-6-23(18)32)25(19)35-14-33(24(15-7-8-15)16-9-10-16)29(38)26-28(37)27(36)21(30(39)40)13-34(26)35/h1-6,13,15-16,24-25,37H,7-12,14H2,(H,39,40). The predicted octanol–water partition coefficient (Wildman–Crippen LogP) is 3.96. The zero-order valence-electron chi connectivity index (χ0n) is 21.5. The second kappa shape index (κ2) is 8.90. The van der Waals surface area contributed by atoms with Gasteiger partial charge < -0.3 is 15.1 Å². The number of fused-ring (bicyclic) bond motifs is 3. The summed E-state index contributed by atoms with van der Waals surface area (Å²) in [5.74, 6) is -3.36. The number of amides is 1.